The number of pyridine rings is 2. The van der Waals surface area contributed by atoms with Gasteiger partial charge < -0.3 is 10.2 Å². The maximum atomic E-state index is 9.64. The Kier molecular flexibility index (Phi) is 10.4. The number of hydrogen-bond acceptors (Lipinski definition) is 4. The van der Waals surface area contributed by atoms with Crippen LogP contribution in [0.3, 0.4) is 0 Å². The molecule has 0 unspecified atom stereocenters. The fourth-order valence-corrected chi connectivity index (χ4v) is 1.30. The van der Waals surface area contributed by atoms with Crippen LogP contribution in [0.4, 0.5) is 0 Å². The van der Waals surface area contributed by atoms with E-state index < -0.39 is 11.9 Å². The van der Waals surface area contributed by atoms with Gasteiger partial charge in [-0.15, -0.1) is 0 Å². The number of hydrogen-bond donors (Lipinski definition) is 2. The Morgan fingerprint density at radius 2 is 1.08 bits per heavy atom. The summed E-state index contributed by atoms with van der Waals surface area (Å²) >= 11 is 0. The molecule has 0 fully saturated rings. The topological polar surface area (TPSA) is 100 Å². The molecule has 0 saturated heterocycles. The van der Waals surface area contributed by atoms with Gasteiger partial charge in [-0.25, -0.2) is 0 Å². The zero-order chi connectivity index (χ0) is 18.5. The summed E-state index contributed by atoms with van der Waals surface area (Å²) in [4.78, 5) is 27.2. The molecule has 0 bridgehead atoms. The maximum absolute atomic E-state index is 9.64. The van der Waals surface area contributed by atoms with Crippen LogP contribution in [-0.2, 0) is 9.59 Å². The average Bonchev–Trinajstić information content (AvgIpc) is 2.52. The van der Waals surface area contributed by atoms with Crippen molar-refractivity contribution in [2.75, 3.05) is 0 Å². The van der Waals surface area contributed by atoms with Crippen LogP contribution in [0.2, 0.25) is 0 Å². The van der Waals surface area contributed by atoms with Crippen LogP contribution in [0.15, 0.2) is 36.9 Å². The van der Waals surface area contributed by atoms with Crippen LogP contribution in [0.5, 0.6) is 0 Å². The highest BCUT2D eigenvalue weighted by atomic mass is 16.4. The van der Waals surface area contributed by atoms with Crippen molar-refractivity contribution in [3.05, 3.63) is 59.2 Å². The molecule has 0 atom stereocenters. The second kappa shape index (κ2) is 11.8. The van der Waals surface area contributed by atoms with E-state index in [9.17, 15) is 9.59 Å². The first kappa shape index (κ1) is 21.2. The highest BCUT2D eigenvalue weighted by molar-refractivity contribution is 5.75. The number of carbonyl (C=O) groups is 2. The lowest BCUT2D eigenvalue weighted by molar-refractivity contribution is -0.143. The monoisotopic (exact) mass is 332 g/mol. The lowest BCUT2D eigenvalue weighted by Gasteiger charge is -1.92. The molecule has 24 heavy (non-hydrogen) atoms. The fraction of sp³-hybridized carbons (Fsp3) is 0.333. The predicted octanol–water partition coefficient (Wildman–Crippen LogP) is 3.33. The van der Waals surface area contributed by atoms with Gasteiger partial charge in [-0.2, -0.15) is 0 Å². The molecule has 6 heteroatoms. The van der Waals surface area contributed by atoms with Crippen LogP contribution >= 0.6 is 0 Å². The van der Waals surface area contributed by atoms with Gasteiger partial charge in [0.2, 0.25) is 0 Å². The van der Waals surface area contributed by atoms with Crippen molar-refractivity contribution in [1.29, 1.82) is 0 Å². The molecule has 2 N–H and O–H groups in total. The Morgan fingerprint density at radius 1 is 0.750 bits per heavy atom. The number of carboxylic acid groups (broad SMARTS) is 2. The van der Waals surface area contributed by atoms with E-state index in [2.05, 4.69) is 37.7 Å². The van der Waals surface area contributed by atoms with Crippen LogP contribution in [0, 0.1) is 27.7 Å². The SMILES string of the molecule is Cc1ccncc1C.Cc1ccncc1C.O=C(O)CCC(=O)O. The van der Waals surface area contributed by atoms with Gasteiger partial charge in [0.15, 0.2) is 0 Å². The smallest absolute Gasteiger partial charge is 0.303 e. The summed E-state index contributed by atoms with van der Waals surface area (Å²) in [5, 5.41) is 15.8. The van der Waals surface area contributed by atoms with E-state index in [4.69, 9.17) is 10.2 Å². The first-order valence-corrected chi connectivity index (χ1v) is 7.42. The molecule has 2 heterocycles. The molecule has 0 radical (unpaired) electrons. The van der Waals surface area contributed by atoms with E-state index in [0.29, 0.717) is 0 Å². The summed E-state index contributed by atoms with van der Waals surface area (Å²) in [5.74, 6) is -2.15. The second-order valence-electron chi connectivity index (χ2n) is 5.21. The van der Waals surface area contributed by atoms with Gasteiger partial charge in [-0.05, 0) is 62.1 Å². The minimum Gasteiger partial charge on any atom is -0.481 e. The maximum Gasteiger partial charge on any atom is 0.303 e. The summed E-state index contributed by atoms with van der Waals surface area (Å²) in [5.41, 5.74) is 5.13. The summed E-state index contributed by atoms with van der Waals surface area (Å²) in [6.07, 6.45) is 6.76. The largest absolute Gasteiger partial charge is 0.481 e. The number of rotatable bonds is 3. The Bertz CT molecular complexity index is 557. The number of carboxylic acids is 2. The Hall–Kier alpha value is -2.76. The molecule has 2 aromatic rings. The zero-order valence-electron chi connectivity index (χ0n) is 14.5. The van der Waals surface area contributed by atoms with E-state index in [-0.39, 0.29) is 12.8 Å². The fourth-order valence-electron chi connectivity index (χ4n) is 1.30. The van der Waals surface area contributed by atoms with Gasteiger partial charge in [0.1, 0.15) is 0 Å². The summed E-state index contributed by atoms with van der Waals surface area (Å²) in [7, 11) is 0. The Labute approximate surface area is 142 Å². The predicted molar refractivity (Wildman–Crippen MR) is 91.9 cm³/mol. The molecule has 2 aromatic heterocycles. The zero-order valence-corrected chi connectivity index (χ0v) is 14.5. The minimum absolute atomic E-state index is 0.296. The number of aryl methyl sites for hydroxylation is 4. The van der Waals surface area contributed by atoms with E-state index in [0.717, 1.165) is 0 Å². The van der Waals surface area contributed by atoms with Crippen LogP contribution in [0.25, 0.3) is 0 Å². The molecule has 0 aliphatic heterocycles. The Balaban J connectivity index is 0.000000331. The first-order chi connectivity index (χ1) is 11.2. The quantitative estimate of drug-likeness (QED) is 0.894. The summed E-state index contributed by atoms with van der Waals surface area (Å²) in [6, 6.07) is 4.02. The number of aromatic nitrogens is 2. The van der Waals surface area contributed by atoms with Gasteiger partial charge in [0, 0.05) is 24.8 Å². The third-order valence-corrected chi connectivity index (χ3v) is 3.15. The molecule has 0 spiro atoms. The summed E-state index contributed by atoms with van der Waals surface area (Å²) in [6.45, 7) is 8.28. The van der Waals surface area contributed by atoms with E-state index >= 15 is 0 Å². The number of aliphatic carboxylic acids is 2. The van der Waals surface area contributed by atoms with Gasteiger partial charge in [-0.1, -0.05) is 0 Å². The van der Waals surface area contributed by atoms with E-state index in [1.54, 1.807) is 0 Å². The van der Waals surface area contributed by atoms with Gasteiger partial charge in [0.05, 0.1) is 12.8 Å². The van der Waals surface area contributed by atoms with Crippen molar-refractivity contribution in [3.8, 4) is 0 Å². The van der Waals surface area contributed by atoms with Crippen molar-refractivity contribution >= 4 is 11.9 Å². The highest BCUT2D eigenvalue weighted by Crippen LogP contribution is 2.00. The second-order valence-corrected chi connectivity index (χ2v) is 5.21. The Morgan fingerprint density at radius 3 is 1.25 bits per heavy atom. The van der Waals surface area contributed by atoms with E-state index in [1.165, 1.54) is 22.3 Å². The first-order valence-electron chi connectivity index (χ1n) is 7.42. The lowest BCUT2D eigenvalue weighted by Crippen LogP contribution is -2.00. The molecular formula is C18H24N2O4. The van der Waals surface area contributed by atoms with Gasteiger partial charge in [-0.3, -0.25) is 19.6 Å². The van der Waals surface area contributed by atoms with Gasteiger partial charge in [0.25, 0.3) is 0 Å². The molecular weight excluding hydrogens is 308 g/mol. The summed E-state index contributed by atoms with van der Waals surface area (Å²) < 4.78 is 0. The highest BCUT2D eigenvalue weighted by Gasteiger charge is 2.00. The molecule has 0 aliphatic rings. The van der Waals surface area contributed by atoms with Crippen LogP contribution in [-0.4, -0.2) is 32.1 Å². The molecule has 6 nitrogen and oxygen atoms in total. The van der Waals surface area contributed by atoms with Crippen molar-refractivity contribution in [2.45, 2.75) is 40.5 Å². The standard InChI is InChI=1S/2C7H9N.C4H6O4/c2*1-6-3-4-8-5-7(6)2;5-3(6)1-2-4(7)8/h2*3-5H,1-2H3;1-2H2,(H,5,6)(H,7,8). The third kappa shape index (κ3) is 10.9. The van der Waals surface area contributed by atoms with Crippen molar-refractivity contribution in [2.24, 2.45) is 0 Å². The minimum atomic E-state index is -1.08. The third-order valence-electron chi connectivity index (χ3n) is 3.15. The molecule has 130 valence electrons. The van der Waals surface area contributed by atoms with Crippen molar-refractivity contribution in [3.63, 3.8) is 0 Å². The molecule has 0 aliphatic carbocycles. The van der Waals surface area contributed by atoms with Crippen molar-refractivity contribution in [1.82, 2.24) is 9.97 Å². The van der Waals surface area contributed by atoms with E-state index in [1.807, 2.05) is 36.9 Å². The number of nitrogens with zero attached hydrogens (tertiary/aromatic N) is 2. The normalized spacial score (nSPS) is 9.00. The van der Waals surface area contributed by atoms with Crippen LogP contribution in [0.1, 0.15) is 35.1 Å². The molecule has 2 rings (SSSR count). The van der Waals surface area contributed by atoms with Gasteiger partial charge >= 0.3 is 11.9 Å². The molecule has 0 amide bonds. The lowest BCUT2D eigenvalue weighted by atomic mass is 10.2. The van der Waals surface area contributed by atoms with Crippen LogP contribution < -0.4 is 0 Å². The molecule has 0 saturated carbocycles. The molecule has 0 aromatic carbocycles. The average molecular weight is 332 g/mol. The van der Waals surface area contributed by atoms with Crippen molar-refractivity contribution < 1.29 is 19.8 Å².